The smallest absolute Gasteiger partial charge is 0.275 e. The van der Waals surface area contributed by atoms with E-state index in [-0.39, 0.29) is 35.3 Å². The van der Waals surface area contributed by atoms with Crippen LogP contribution in [0.1, 0.15) is 36.1 Å². The van der Waals surface area contributed by atoms with Crippen LogP contribution in [0.5, 0.6) is 0 Å². The van der Waals surface area contributed by atoms with Gasteiger partial charge in [0.1, 0.15) is 6.54 Å². The summed E-state index contributed by atoms with van der Waals surface area (Å²) < 4.78 is 1.28. The molecule has 7 heteroatoms. The fourth-order valence-electron chi connectivity index (χ4n) is 5.49. The maximum Gasteiger partial charge on any atom is 0.275 e. The SMILES string of the molecule is Cc1cc(C)cc(NC(=O)[C@H]2CC23CCN(C(=O)Cn2nc(C)c4ccccc4c2=O)CC3)c1. The number of hydrogen-bond donors (Lipinski definition) is 1. The van der Waals surface area contributed by atoms with Gasteiger partial charge in [-0.15, -0.1) is 0 Å². The van der Waals surface area contributed by atoms with E-state index in [0.29, 0.717) is 18.5 Å². The molecule has 7 nitrogen and oxygen atoms in total. The summed E-state index contributed by atoms with van der Waals surface area (Å²) in [4.78, 5) is 40.4. The van der Waals surface area contributed by atoms with Crippen molar-refractivity contribution >= 4 is 28.3 Å². The normalized spacial score (nSPS) is 18.8. The Hall–Kier alpha value is -3.48. The molecule has 0 radical (unpaired) electrons. The molecule has 1 atom stereocenters. The first-order valence-electron chi connectivity index (χ1n) is 11.9. The third-order valence-electron chi connectivity index (χ3n) is 7.44. The van der Waals surface area contributed by atoms with Crippen LogP contribution in [0.3, 0.4) is 0 Å². The van der Waals surface area contributed by atoms with E-state index < -0.39 is 0 Å². The molecule has 2 aliphatic rings. The monoisotopic (exact) mass is 458 g/mol. The van der Waals surface area contributed by atoms with E-state index in [2.05, 4.69) is 16.5 Å². The summed E-state index contributed by atoms with van der Waals surface area (Å²) >= 11 is 0. The number of amides is 2. The first-order valence-corrected chi connectivity index (χ1v) is 11.9. The molecule has 2 amide bonds. The lowest BCUT2D eigenvalue weighted by Gasteiger charge is -2.33. The van der Waals surface area contributed by atoms with Crippen molar-refractivity contribution in [2.45, 2.75) is 46.6 Å². The molecule has 1 saturated carbocycles. The lowest BCUT2D eigenvalue weighted by Crippen LogP contribution is -2.43. The van der Waals surface area contributed by atoms with Gasteiger partial charge in [0.15, 0.2) is 0 Å². The molecule has 1 aromatic heterocycles. The van der Waals surface area contributed by atoms with Gasteiger partial charge in [-0.05, 0) is 74.8 Å². The zero-order valence-corrected chi connectivity index (χ0v) is 19.9. The quantitative estimate of drug-likeness (QED) is 0.648. The topological polar surface area (TPSA) is 84.3 Å². The second-order valence-electron chi connectivity index (χ2n) is 9.96. The van der Waals surface area contributed by atoms with Crippen molar-refractivity contribution in [2.75, 3.05) is 18.4 Å². The molecule has 176 valence electrons. The minimum atomic E-state index is -0.242. The van der Waals surface area contributed by atoms with Gasteiger partial charge < -0.3 is 10.2 Å². The first kappa shape index (κ1) is 22.3. The van der Waals surface area contributed by atoms with Gasteiger partial charge in [0.2, 0.25) is 11.8 Å². The minimum Gasteiger partial charge on any atom is -0.341 e. The van der Waals surface area contributed by atoms with Crippen LogP contribution in [0.15, 0.2) is 47.3 Å². The molecule has 0 bridgehead atoms. The van der Waals surface area contributed by atoms with E-state index in [1.165, 1.54) is 4.68 Å². The van der Waals surface area contributed by atoms with Crippen molar-refractivity contribution in [3.8, 4) is 0 Å². The number of likely N-dealkylation sites (tertiary alicyclic amines) is 1. The number of piperidine rings is 1. The first-order chi connectivity index (χ1) is 16.3. The largest absolute Gasteiger partial charge is 0.341 e. The van der Waals surface area contributed by atoms with Gasteiger partial charge in [-0.3, -0.25) is 14.4 Å². The Morgan fingerprint density at radius 3 is 2.35 bits per heavy atom. The Labute approximate surface area is 198 Å². The minimum absolute atomic E-state index is 0.00186. The van der Waals surface area contributed by atoms with Crippen LogP contribution in [0, 0.1) is 32.1 Å². The highest BCUT2D eigenvalue weighted by molar-refractivity contribution is 5.95. The number of nitrogens with one attached hydrogen (secondary N) is 1. The van der Waals surface area contributed by atoms with Gasteiger partial charge in [0, 0.05) is 30.1 Å². The summed E-state index contributed by atoms with van der Waals surface area (Å²) in [5, 5.41) is 8.85. The second kappa shape index (κ2) is 8.38. The number of hydrogen-bond acceptors (Lipinski definition) is 4. The van der Waals surface area contributed by atoms with E-state index in [0.717, 1.165) is 47.2 Å². The molecule has 2 fully saturated rings. The molecule has 1 aliphatic heterocycles. The molecule has 1 spiro atoms. The highest BCUT2D eigenvalue weighted by Crippen LogP contribution is 2.59. The molecule has 3 aromatic rings. The molecule has 2 heterocycles. The number of carbonyl (C=O) groups excluding carboxylic acids is 2. The summed E-state index contributed by atoms with van der Waals surface area (Å²) in [5.74, 6) is -0.0267. The molecular formula is C27H30N4O3. The average Bonchev–Trinajstić information content (AvgIpc) is 3.50. The van der Waals surface area contributed by atoms with Crippen molar-refractivity contribution in [1.29, 1.82) is 0 Å². The summed E-state index contributed by atoms with van der Waals surface area (Å²) in [7, 11) is 0. The van der Waals surface area contributed by atoms with Gasteiger partial charge >= 0.3 is 0 Å². The number of anilines is 1. The highest BCUT2D eigenvalue weighted by atomic mass is 16.2. The summed E-state index contributed by atoms with van der Waals surface area (Å²) in [6, 6.07) is 13.4. The van der Waals surface area contributed by atoms with E-state index in [4.69, 9.17) is 0 Å². The standard InChI is InChI=1S/C27H30N4O3/c1-17-12-18(2)14-20(13-17)28-25(33)23-15-27(23)8-10-30(11-9-27)24(32)16-31-26(34)22-7-5-4-6-21(22)19(3)29-31/h4-7,12-14,23H,8-11,15-16H2,1-3H3,(H,28,33)/t23-/m1/s1. The summed E-state index contributed by atoms with van der Waals surface area (Å²) in [5.41, 5.74) is 3.59. The lowest BCUT2D eigenvalue weighted by atomic mass is 9.90. The van der Waals surface area contributed by atoms with Crippen LogP contribution >= 0.6 is 0 Å². The van der Waals surface area contributed by atoms with E-state index in [1.54, 1.807) is 11.0 Å². The number of carbonyl (C=O) groups is 2. The third kappa shape index (κ3) is 4.11. The van der Waals surface area contributed by atoms with Crippen LogP contribution in [0.2, 0.25) is 0 Å². The van der Waals surface area contributed by atoms with Crippen LogP contribution in [0.4, 0.5) is 5.69 Å². The molecule has 1 saturated heterocycles. The second-order valence-corrected chi connectivity index (χ2v) is 9.96. The average molecular weight is 459 g/mol. The van der Waals surface area contributed by atoms with Gasteiger partial charge in [-0.1, -0.05) is 24.3 Å². The number of aryl methyl sites for hydroxylation is 3. The van der Waals surface area contributed by atoms with Gasteiger partial charge in [0.25, 0.3) is 5.56 Å². The van der Waals surface area contributed by atoms with Crippen molar-refractivity contribution < 1.29 is 9.59 Å². The number of aromatic nitrogens is 2. The number of nitrogens with zero attached hydrogens (tertiary/aromatic N) is 3. The van der Waals surface area contributed by atoms with Crippen molar-refractivity contribution in [3.05, 3.63) is 69.6 Å². The van der Waals surface area contributed by atoms with Crippen molar-refractivity contribution in [2.24, 2.45) is 11.3 Å². The van der Waals surface area contributed by atoms with E-state index in [1.807, 2.05) is 51.1 Å². The number of rotatable bonds is 4. The van der Waals surface area contributed by atoms with E-state index in [9.17, 15) is 14.4 Å². The number of fused-ring (bicyclic) bond motifs is 1. The molecule has 1 N–H and O–H groups in total. The molecule has 2 aromatic carbocycles. The Morgan fingerprint density at radius 2 is 1.68 bits per heavy atom. The fraction of sp³-hybridized carbons (Fsp3) is 0.407. The van der Waals surface area contributed by atoms with Gasteiger partial charge in [0.05, 0.1) is 11.1 Å². The Morgan fingerprint density at radius 1 is 1.03 bits per heavy atom. The Balaban J connectivity index is 1.20. The lowest BCUT2D eigenvalue weighted by molar-refractivity contribution is -0.133. The maximum atomic E-state index is 13.0. The fourth-order valence-corrected chi connectivity index (χ4v) is 5.49. The van der Waals surface area contributed by atoms with E-state index >= 15 is 0 Å². The van der Waals surface area contributed by atoms with Crippen molar-refractivity contribution in [1.82, 2.24) is 14.7 Å². The summed E-state index contributed by atoms with van der Waals surface area (Å²) in [6.45, 7) is 7.05. The van der Waals surface area contributed by atoms with Gasteiger partial charge in [-0.25, -0.2) is 4.68 Å². The Kier molecular flexibility index (Phi) is 5.50. The maximum absolute atomic E-state index is 13.0. The molecular weight excluding hydrogens is 428 g/mol. The predicted octanol–water partition coefficient (Wildman–Crippen LogP) is 3.59. The van der Waals surface area contributed by atoms with Gasteiger partial charge in [-0.2, -0.15) is 5.10 Å². The molecule has 1 aliphatic carbocycles. The van der Waals surface area contributed by atoms with Crippen LogP contribution in [-0.2, 0) is 16.1 Å². The molecule has 0 unspecified atom stereocenters. The van der Waals surface area contributed by atoms with Crippen LogP contribution in [0.25, 0.3) is 10.8 Å². The Bertz CT molecular complexity index is 1330. The summed E-state index contributed by atoms with van der Waals surface area (Å²) in [6.07, 6.45) is 2.49. The highest BCUT2D eigenvalue weighted by Gasteiger charge is 2.58. The predicted molar refractivity (Wildman–Crippen MR) is 132 cm³/mol. The number of benzene rings is 2. The zero-order chi connectivity index (χ0) is 24.0. The van der Waals surface area contributed by atoms with Crippen LogP contribution in [-0.4, -0.2) is 39.6 Å². The van der Waals surface area contributed by atoms with Crippen LogP contribution < -0.4 is 10.9 Å². The van der Waals surface area contributed by atoms with Crippen molar-refractivity contribution in [3.63, 3.8) is 0 Å². The molecule has 5 rings (SSSR count). The molecule has 34 heavy (non-hydrogen) atoms. The third-order valence-corrected chi connectivity index (χ3v) is 7.44. The zero-order valence-electron chi connectivity index (χ0n) is 19.9.